The van der Waals surface area contributed by atoms with Crippen molar-refractivity contribution >= 4 is 0 Å². The fourth-order valence-corrected chi connectivity index (χ4v) is 1.61. The predicted molar refractivity (Wildman–Crippen MR) is 61.9 cm³/mol. The molecule has 0 saturated heterocycles. The van der Waals surface area contributed by atoms with Crippen molar-refractivity contribution in [3.8, 4) is 0 Å². The third-order valence-corrected chi connectivity index (χ3v) is 2.37. The lowest BCUT2D eigenvalue weighted by Crippen LogP contribution is -2.21. The van der Waals surface area contributed by atoms with Crippen LogP contribution in [0.4, 0.5) is 4.39 Å². The van der Waals surface area contributed by atoms with Crippen LogP contribution in [0.3, 0.4) is 0 Å². The summed E-state index contributed by atoms with van der Waals surface area (Å²) < 4.78 is 14.5. The van der Waals surface area contributed by atoms with Gasteiger partial charge in [0.2, 0.25) is 0 Å². The van der Waals surface area contributed by atoms with E-state index in [0.717, 1.165) is 0 Å². The number of benzene rings is 1. The Balaban J connectivity index is 2.33. The van der Waals surface area contributed by atoms with Crippen molar-refractivity contribution in [2.24, 2.45) is 5.73 Å². The molecule has 2 rings (SSSR count). The highest BCUT2D eigenvalue weighted by Crippen LogP contribution is 2.09. The molecule has 0 aliphatic heterocycles. The van der Waals surface area contributed by atoms with Crippen LogP contribution < -0.4 is 11.3 Å². The van der Waals surface area contributed by atoms with Gasteiger partial charge >= 0.3 is 0 Å². The molecule has 0 amide bonds. The molecule has 2 aromatic rings. The summed E-state index contributed by atoms with van der Waals surface area (Å²) in [5.41, 5.74) is 6.61. The molecule has 17 heavy (non-hydrogen) atoms. The van der Waals surface area contributed by atoms with Crippen molar-refractivity contribution in [2.75, 3.05) is 0 Å². The Hall–Kier alpha value is -2.01. The van der Waals surface area contributed by atoms with Crippen LogP contribution in [0.5, 0.6) is 0 Å². The minimum atomic E-state index is -0.355. The second-order valence-electron chi connectivity index (χ2n) is 3.69. The van der Waals surface area contributed by atoms with Gasteiger partial charge in [-0.25, -0.2) is 9.07 Å². The first-order chi connectivity index (χ1) is 8.19. The summed E-state index contributed by atoms with van der Waals surface area (Å²) >= 11 is 0. The Morgan fingerprint density at radius 2 is 2.06 bits per heavy atom. The van der Waals surface area contributed by atoms with E-state index in [4.69, 9.17) is 5.73 Å². The Morgan fingerprint density at radius 1 is 1.29 bits per heavy atom. The summed E-state index contributed by atoms with van der Waals surface area (Å²) in [5.74, 6) is -0.355. The van der Waals surface area contributed by atoms with Gasteiger partial charge < -0.3 is 5.73 Å². The maximum Gasteiger partial charge on any atom is 0.267 e. The van der Waals surface area contributed by atoms with E-state index in [2.05, 4.69) is 5.10 Å². The van der Waals surface area contributed by atoms with E-state index in [1.165, 1.54) is 29.1 Å². The van der Waals surface area contributed by atoms with Crippen LogP contribution in [0.25, 0.3) is 0 Å². The van der Waals surface area contributed by atoms with Crippen molar-refractivity contribution in [3.63, 3.8) is 0 Å². The van der Waals surface area contributed by atoms with Crippen molar-refractivity contribution in [2.45, 2.75) is 13.1 Å². The first-order valence-electron chi connectivity index (χ1n) is 5.19. The molecule has 0 aliphatic rings. The van der Waals surface area contributed by atoms with Gasteiger partial charge in [0.25, 0.3) is 5.56 Å². The molecule has 0 aliphatic carbocycles. The van der Waals surface area contributed by atoms with Gasteiger partial charge in [-0.1, -0.05) is 6.07 Å². The SMILES string of the molecule is NCc1cc(F)cc(Cn2ncccc2=O)c1. The molecule has 5 heteroatoms. The summed E-state index contributed by atoms with van der Waals surface area (Å²) in [5, 5.41) is 3.91. The van der Waals surface area contributed by atoms with Gasteiger partial charge in [0.05, 0.1) is 6.54 Å². The van der Waals surface area contributed by atoms with Crippen LogP contribution in [0.15, 0.2) is 41.3 Å². The Bertz CT molecular complexity index is 580. The van der Waals surface area contributed by atoms with Gasteiger partial charge in [0.15, 0.2) is 0 Å². The van der Waals surface area contributed by atoms with Gasteiger partial charge in [-0.15, -0.1) is 0 Å². The highest BCUT2D eigenvalue weighted by atomic mass is 19.1. The van der Waals surface area contributed by atoms with Crippen LogP contribution in [-0.4, -0.2) is 9.78 Å². The molecule has 0 saturated carbocycles. The summed E-state index contributed by atoms with van der Waals surface area (Å²) in [6, 6.07) is 7.50. The number of hydrogen-bond acceptors (Lipinski definition) is 3. The third kappa shape index (κ3) is 2.76. The largest absolute Gasteiger partial charge is 0.326 e. The number of rotatable bonds is 3. The number of nitrogens with two attached hydrogens (primary N) is 1. The van der Waals surface area contributed by atoms with Crippen LogP contribution in [0.1, 0.15) is 11.1 Å². The summed E-state index contributed by atoms with van der Waals surface area (Å²) in [4.78, 5) is 11.4. The van der Waals surface area contributed by atoms with Crippen molar-refractivity contribution in [1.29, 1.82) is 0 Å². The standard InChI is InChI=1S/C12H12FN3O/c13-11-5-9(7-14)4-10(6-11)8-16-12(17)2-1-3-15-16/h1-6H,7-8,14H2. The van der Waals surface area contributed by atoms with Gasteiger partial charge in [-0.05, 0) is 29.3 Å². The second kappa shape index (κ2) is 4.88. The maximum absolute atomic E-state index is 13.3. The van der Waals surface area contributed by atoms with Crippen LogP contribution in [-0.2, 0) is 13.1 Å². The zero-order valence-corrected chi connectivity index (χ0v) is 9.14. The van der Waals surface area contributed by atoms with Gasteiger partial charge in [-0.3, -0.25) is 4.79 Å². The first kappa shape index (κ1) is 11.5. The third-order valence-electron chi connectivity index (χ3n) is 2.37. The van der Waals surface area contributed by atoms with Crippen molar-refractivity contribution < 1.29 is 4.39 Å². The molecule has 0 radical (unpaired) electrons. The molecule has 2 N–H and O–H groups in total. The first-order valence-corrected chi connectivity index (χ1v) is 5.19. The molecule has 4 nitrogen and oxygen atoms in total. The van der Waals surface area contributed by atoms with E-state index in [9.17, 15) is 9.18 Å². The summed E-state index contributed by atoms with van der Waals surface area (Å²) in [7, 11) is 0. The minimum Gasteiger partial charge on any atom is -0.326 e. The predicted octanol–water partition coefficient (Wildman–Crippen LogP) is 0.889. The fraction of sp³-hybridized carbons (Fsp3) is 0.167. The lowest BCUT2D eigenvalue weighted by Gasteiger charge is -2.06. The molecule has 0 bridgehead atoms. The average molecular weight is 233 g/mol. The fourth-order valence-electron chi connectivity index (χ4n) is 1.61. The van der Waals surface area contributed by atoms with Crippen molar-refractivity contribution in [3.05, 3.63) is 63.8 Å². The van der Waals surface area contributed by atoms with E-state index >= 15 is 0 Å². The molecule has 88 valence electrons. The van der Waals surface area contributed by atoms with Gasteiger partial charge in [-0.2, -0.15) is 5.10 Å². The van der Waals surface area contributed by atoms with Crippen molar-refractivity contribution in [1.82, 2.24) is 9.78 Å². The Morgan fingerprint density at radius 3 is 2.76 bits per heavy atom. The highest BCUT2D eigenvalue weighted by molar-refractivity contribution is 5.24. The average Bonchev–Trinajstić information content (AvgIpc) is 2.31. The molecular formula is C12H12FN3O. The monoisotopic (exact) mass is 233 g/mol. The van der Waals surface area contributed by atoms with E-state index in [1.54, 1.807) is 12.1 Å². The Kier molecular flexibility index (Phi) is 3.30. The number of nitrogens with zero attached hydrogens (tertiary/aromatic N) is 2. The smallest absolute Gasteiger partial charge is 0.267 e. The van der Waals surface area contributed by atoms with Gasteiger partial charge in [0, 0.05) is 18.8 Å². The quantitative estimate of drug-likeness (QED) is 0.856. The summed E-state index contributed by atoms with van der Waals surface area (Å²) in [6.45, 7) is 0.506. The van der Waals surface area contributed by atoms with E-state index in [-0.39, 0.29) is 24.5 Å². The maximum atomic E-state index is 13.3. The lowest BCUT2D eigenvalue weighted by atomic mass is 10.1. The summed E-state index contributed by atoms with van der Waals surface area (Å²) in [6.07, 6.45) is 1.52. The molecule has 1 heterocycles. The molecule has 0 spiro atoms. The molecular weight excluding hydrogens is 221 g/mol. The molecule has 0 atom stereocenters. The highest BCUT2D eigenvalue weighted by Gasteiger charge is 2.02. The number of halogens is 1. The second-order valence-corrected chi connectivity index (χ2v) is 3.69. The minimum absolute atomic E-state index is 0.217. The number of aromatic nitrogens is 2. The topological polar surface area (TPSA) is 60.9 Å². The molecule has 1 aromatic heterocycles. The van der Waals surface area contributed by atoms with E-state index < -0.39 is 0 Å². The number of hydrogen-bond donors (Lipinski definition) is 1. The van der Waals surface area contributed by atoms with E-state index in [1.807, 2.05) is 0 Å². The zero-order chi connectivity index (χ0) is 12.3. The van der Waals surface area contributed by atoms with Crippen LogP contribution in [0.2, 0.25) is 0 Å². The lowest BCUT2D eigenvalue weighted by molar-refractivity contribution is 0.608. The van der Waals surface area contributed by atoms with Gasteiger partial charge in [0.1, 0.15) is 5.82 Å². The molecule has 0 fully saturated rings. The molecule has 0 unspecified atom stereocenters. The van der Waals surface area contributed by atoms with E-state index in [0.29, 0.717) is 11.1 Å². The Labute approximate surface area is 97.5 Å². The van der Waals surface area contributed by atoms with Crippen LogP contribution in [0, 0.1) is 5.82 Å². The zero-order valence-electron chi connectivity index (χ0n) is 9.14. The molecule has 1 aromatic carbocycles. The normalized spacial score (nSPS) is 10.5. The van der Waals surface area contributed by atoms with Crippen LogP contribution >= 0.6 is 0 Å².